The number of fused-ring (bicyclic) bond motifs is 1. The van der Waals surface area contributed by atoms with E-state index in [9.17, 15) is 9.59 Å². The number of carbonyl (C=O) groups excluding carboxylic acids is 2. The molecule has 1 saturated heterocycles. The van der Waals surface area contributed by atoms with Crippen molar-refractivity contribution in [1.82, 2.24) is 0 Å². The lowest BCUT2D eigenvalue weighted by Gasteiger charge is -2.43. The van der Waals surface area contributed by atoms with Crippen LogP contribution in [-0.4, -0.2) is 25.7 Å². The number of rotatable bonds is 1. The van der Waals surface area contributed by atoms with Gasteiger partial charge < -0.3 is 9.47 Å². The third-order valence-electron chi connectivity index (χ3n) is 4.08. The number of methoxy groups -OCH3 is 1. The summed E-state index contributed by atoms with van der Waals surface area (Å²) in [5, 5.41) is 0. The molecule has 0 spiro atoms. The Morgan fingerprint density at radius 2 is 2.12 bits per heavy atom. The Hall–Kier alpha value is -1.06. The minimum absolute atomic E-state index is 0.181. The zero-order chi connectivity index (χ0) is 12.0. The topological polar surface area (TPSA) is 52.6 Å². The Labute approximate surface area is 95.3 Å². The monoisotopic (exact) mass is 226 g/mol. The first-order valence-corrected chi connectivity index (χ1v) is 5.69. The quantitative estimate of drug-likeness (QED) is 0.636. The number of ether oxygens (including phenoxy) is 2. The van der Waals surface area contributed by atoms with Gasteiger partial charge in [0.1, 0.15) is 12.0 Å². The van der Waals surface area contributed by atoms with E-state index in [1.165, 1.54) is 7.11 Å². The van der Waals surface area contributed by atoms with Crippen LogP contribution in [0.5, 0.6) is 0 Å². The van der Waals surface area contributed by atoms with Crippen LogP contribution in [0, 0.1) is 16.7 Å². The maximum atomic E-state index is 11.9. The van der Waals surface area contributed by atoms with Crippen LogP contribution in [0.1, 0.15) is 33.1 Å². The number of cyclic esters (lactones) is 1. The average Bonchev–Trinajstić information content (AvgIpc) is 2.57. The number of carbonyl (C=O) groups is 2. The van der Waals surface area contributed by atoms with Gasteiger partial charge in [-0.05, 0) is 18.3 Å². The molecule has 0 aromatic heterocycles. The first-order valence-electron chi connectivity index (χ1n) is 5.69. The minimum Gasteiger partial charge on any atom is -0.468 e. The van der Waals surface area contributed by atoms with Gasteiger partial charge in [0.25, 0.3) is 0 Å². The fraction of sp³-hybridized carbons (Fsp3) is 0.833. The molecule has 90 valence electrons. The van der Waals surface area contributed by atoms with Gasteiger partial charge in [-0.1, -0.05) is 20.3 Å². The highest BCUT2D eigenvalue weighted by molar-refractivity contribution is 5.89. The molecule has 4 heteroatoms. The predicted molar refractivity (Wildman–Crippen MR) is 56.5 cm³/mol. The summed E-state index contributed by atoms with van der Waals surface area (Å²) < 4.78 is 9.99. The molecule has 0 aromatic rings. The van der Waals surface area contributed by atoms with E-state index in [0.717, 1.165) is 12.8 Å². The lowest BCUT2D eigenvalue weighted by Crippen LogP contribution is -2.49. The second kappa shape index (κ2) is 3.47. The lowest BCUT2D eigenvalue weighted by atomic mass is 9.57. The molecule has 2 aliphatic rings. The van der Waals surface area contributed by atoms with Crippen LogP contribution in [0.4, 0.5) is 0 Å². The van der Waals surface area contributed by atoms with Gasteiger partial charge in [0.15, 0.2) is 0 Å². The molecule has 2 rings (SSSR count). The molecule has 0 aromatic carbocycles. The molecule has 2 fully saturated rings. The van der Waals surface area contributed by atoms with Crippen LogP contribution >= 0.6 is 0 Å². The van der Waals surface area contributed by atoms with Crippen LogP contribution in [0.25, 0.3) is 0 Å². The predicted octanol–water partition coefficient (Wildman–Crippen LogP) is 1.53. The van der Waals surface area contributed by atoms with E-state index < -0.39 is 5.41 Å². The zero-order valence-corrected chi connectivity index (χ0v) is 10.0. The Morgan fingerprint density at radius 1 is 1.44 bits per heavy atom. The first kappa shape index (κ1) is 11.4. The van der Waals surface area contributed by atoms with Gasteiger partial charge in [0, 0.05) is 0 Å². The van der Waals surface area contributed by atoms with Crippen molar-refractivity contribution < 1.29 is 19.1 Å². The van der Waals surface area contributed by atoms with Crippen LogP contribution in [0.2, 0.25) is 0 Å². The molecule has 0 radical (unpaired) electrons. The summed E-state index contributed by atoms with van der Waals surface area (Å²) in [4.78, 5) is 23.8. The van der Waals surface area contributed by atoms with Crippen molar-refractivity contribution in [2.24, 2.45) is 16.7 Å². The Balaban J connectivity index is 2.42. The minimum atomic E-state index is -0.729. The van der Waals surface area contributed by atoms with E-state index in [2.05, 4.69) is 0 Å². The van der Waals surface area contributed by atoms with Crippen molar-refractivity contribution in [3.8, 4) is 0 Å². The van der Waals surface area contributed by atoms with E-state index in [0.29, 0.717) is 6.42 Å². The molecule has 1 saturated carbocycles. The molecule has 1 aliphatic carbocycles. The molecular weight excluding hydrogens is 208 g/mol. The maximum Gasteiger partial charge on any atom is 0.316 e. The second-order valence-corrected chi connectivity index (χ2v) is 5.53. The lowest BCUT2D eigenvalue weighted by molar-refractivity contribution is -0.163. The van der Waals surface area contributed by atoms with Crippen molar-refractivity contribution in [3.63, 3.8) is 0 Å². The fourth-order valence-electron chi connectivity index (χ4n) is 3.36. The number of hydrogen-bond donors (Lipinski definition) is 0. The van der Waals surface area contributed by atoms with Crippen LogP contribution < -0.4 is 0 Å². The van der Waals surface area contributed by atoms with E-state index in [1.807, 2.05) is 13.8 Å². The van der Waals surface area contributed by atoms with E-state index in [4.69, 9.17) is 9.47 Å². The smallest absolute Gasteiger partial charge is 0.316 e. The van der Waals surface area contributed by atoms with Gasteiger partial charge in [-0.25, -0.2) is 0 Å². The number of hydrogen-bond acceptors (Lipinski definition) is 4. The Morgan fingerprint density at radius 3 is 2.75 bits per heavy atom. The fourth-order valence-corrected chi connectivity index (χ4v) is 3.36. The highest BCUT2D eigenvalue weighted by Gasteiger charge is 2.63. The standard InChI is InChI=1S/C12H18O4/c1-11(2)5-4-6-12(10(14)15-3)7-16-9(13)8(11)12/h8H,4-7H2,1-3H3/t8-,12+/m0/s1. The zero-order valence-electron chi connectivity index (χ0n) is 10.0. The molecule has 1 aliphatic heterocycles. The largest absolute Gasteiger partial charge is 0.468 e. The summed E-state index contributed by atoms with van der Waals surface area (Å²) in [7, 11) is 1.37. The summed E-state index contributed by atoms with van der Waals surface area (Å²) in [6.45, 7) is 4.24. The first-order chi connectivity index (χ1) is 7.44. The maximum absolute atomic E-state index is 11.9. The van der Waals surface area contributed by atoms with Gasteiger partial charge in [0.2, 0.25) is 0 Å². The van der Waals surface area contributed by atoms with E-state index >= 15 is 0 Å². The van der Waals surface area contributed by atoms with Gasteiger partial charge in [-0.15, -0.1) is 0 Å². The highest BCUT2D eigenvalue weighted by atomic mass is 16.6. The normalized spacial score (nSPS) is 36.4. The Kier molecular flexibility index (Phi) is 2.48. The molecule has 16 heavy (non-hydrogen) atoms. The summed E-state index contributed by atoms with van der Waals surface area (Å²) in [5.41, 5.74) is -0.909. The van der Waals surface area contributed by atoms with Crippen LogP contribution in [0.15, 0.2) is 0 Å². The summed E-state index contributed by atoms with van der Waals surface area (Å²) in [6, 6.07) is 0. The third kappa shape index (κ3) is 1.35. The highest BCUT2D eigenvalue weighted by Crippen LogP contribution is 2.55. The van der Waals surface area contributed by atoms with Crippen LogP contribution in [0.3, 0.4) is 0 Å². The van der Waals surface area contributed by atoms with E-state index in [-0.39, 0.29) is 29.9 Å². The molecule has 0 amide bonds. The second-order valence-electron chi connectivity index (χ2n) is 5.53. The number of esters is 2. The van der Waals surface area contributed by atoms with Crippen LogP contribution in [-0.2, 0) is 19.1 Å². The van der Waals surface area contributed by atoms with Gasteiger partial charge in [-0.2, -0.15) is 0 Å². The van der Waals surface area contributed by atoms with Crippen molar-refractivity contribution in [2.45, 2.75) is 33.1 Å². The van der Waals surface area contributed by atoms with Gasteiger partial charge in [-0.3, -0.25) is 9.59 Å². The summed E-state index contributed by atoms with van der Waals surface area (Å²) in [6.07, 6.45) is 2.58. The summed E-state index contributed by atoms with van der Waals surface area (Å²) >= 11 is 0. The average molecular weight is 226 g/mol. The van der Waals surface area contributed by atoms with Crippen molar-refractivity contribution in [1.29, 1.82) is 0 Å². The molecule has 0 bridgehead atoms. The van der Waals surface area contributed by atoms with E-state index in [1.54, 1.807) is 0 Å². The molecule has 0 unspecified atom stereocenters. The van der Waals surface area contributed by atoms with Crippen molar-refractivity contribution in [2.75, 3.05) is 13.7 Å². The Bertz CT molecular complexity index is 334. The molecule has 4 nitrogen and oxygen atoms in total. The molecule has 0 N–H and O–H groups in total. The summed E-state index contributed by atoms with van der Waals surface area (Å²) in [5.74, 6) is -0.882. The molecule has 1 heterocycles. The van der Waals surface area contributed by atoms with Gasteiger partial charge >= 0.3 is 11.9 Å². The SMILES string of the molecule is COC(=O)[C@@]12CCCC(C)(C)[C@@H]1C(=O)OC2. The molecular formula is C12H18O4. The van der Waals surface area contributed by atoms with Crippen molar-refractivity contribution in [3.05, 3.63) is 0 Å². The van der Waals surface area contributed by atoms with Crippen molar-refractivity contribution >= 4 is 11.9 Å². The molecule has 2 atom stereocenters. The van der Waals surface area contributed by atoms with Gasteiger partial charge in [0.05, 0.1) is 13.0 Å². The third-order valence-corrected chi connectivity index (χ3v) is 4.08.